The summed E-state index contributed by atoms with van der Waals surface area (Å²) < 4.78 is 5.10. The van der Waals surface area contributed by atoms with Gasteiger partial charge in [0.15, 0.2) is 0 Å². The van der Waals surface area contributed by atoms with Crippen LogP contribution < -0.4 is 5.73 Å². The first-order valence-corrected chi connectivity index (χ1v) is 6.70. The molecule has 1 aromatic rings. The second-order valence-electron chi connectivity index (χ2n) is 4.34. The van der Waals surface area contributed by atoms with Crippen molar-refractivity contribution in [2.75, 3.05) is 13.2 Å². The van der Waals surface area contributed by atoms with E-state index in [2.05, 4.69) is 6.92 Å². The number of rotatable bonds is 7. The first-order chi connectivity index (χ1) is 8.74. The van der Waals surface area contributed by atoms with Crippen molar-refractivity contribution in [2.45, 2.75) is 39.0 Å². The Morgan fingerprint density at radius 2 is 2.06 bits per heavy atom. The van der Waals surface area contributed by atoms with Crippen molar-refractivity contribution in [3.05, 3.63) is 35.4 Å². The number of esters is 1. The third kappa shape index (κ3) is 3.84. The zero-order valence-electron chi connectivity index (χ0n) is 11.3. The third-order valence-electron chi connectivity index (χ3n) is 3.15. The molecule has 1 rings (SSSR count). The van der Waals surface area contributed by atoms with Gasteiger partial charge in [0.1, 0.15) is 0 Å². The number of nitrogens with two attached hydrogens (primary N) is 1. The van der Waals surface area contributed by atoms with Gasteiger partial charge in [0.05, 0.1) is 12.2 Å². The van der Waals surface area contributed by atoms with Crippen LogP contribution in [0.1, 0.15) is 54.9 Å². The molecule has 0 aromatic heterocycles. The van der Waals surface area contributed by atoms with Crippen LogP contribution in [0.15, 0.2) is 24.3 Å². The van der Waals surface area contributed by atoms with Crippen molar-refractivity contribution in [3.63, 3.8) is 0 Å². The van der Waals surface area contributed by atoms with Gasteiger partial charge in [-0.15, -0.1) is 0 Å². The summed E-state index contributed by atoms with van der Waals surface area (Å²) in [5.74, 6) is 0.161. The summed E-state index contributed by atoms with van der Waals surface area (Å²) in [6, 6.07) is 7.73. The largest absolute Gasteiger partial charge is 0.462 e. The smallest absolute Gasteiger partial charge is 0.338 e. The molecule has 0 heterocycles. The second-order valence-corrected chi connectivity index (χ2v) is 4.34. The standard InChI is InChI=1S/C15H23NO2/c1-3-12(8-7-11-16)13-9-5-6-10-14(13)15(17)18-4-2/h5-6,9-10,12H,3-4,7-8,11,16H2,1-2H3. The highest BCUT2D eigenvalue weighted by molar-refractivity contribution is 5.91. The first-order valence-electron chi connectivity index (χ1n) is 6.70. The SMILES string of the molecule is CCOC(=O)c1ccccc1C(CC)CCCN. The maximum absolute atomic E-state index is 11.9. The highest BCUT2D eigenvalue weighted by atomic mass is 16.5. The Kier molecular flexibility index (Phi) is 6.44. The topological polar surface area (TPSA) is 52.3 Å². The number of hydrogen-bond donors (Lipinski definition) is 1. The van der Waals surface area contributed by atoms with Gasteiger partial charge in [0, 0.05) is 0 Å². The monoisotopic (exact) mass is 249 g/mol. The molecule has 1 aromatic carbocycles. The molecule has 0 amide bonds. The highest BCUT2D eigenvalue weighted by Gasteiger charge is 2.17. The number of ether oxygens (including phenoxy) is 1. The van der Waals surface area contributed by atoms with Gasteiger partial charge >= 0.3 is 5.97 Å². The summed E-state index contributed by atoms with van der Waals surface area (Å²) in [6.45, 7) is 5.07. The number of hydrogen-bond acceptors (Lipinski definition) is 3. The summed E-state index contributed by atoms with van der Waals surface area (Å²) >= 11 is 0. The number of carbonyl (C=O) groups excluding carboxylic acids is 1. The number of carbonyl (C=O) groups is 1. The molecule has 0 radical (unpaired) electrons. The third-order valence-corrected chi connectivity index (χ3v) is 3.15. The van der Waals surface area contributed by atoms with Gasteiger partial charge in [-0.2, -0.15) is 0 Å². The van der Waals surface area contributed by atoms with Crippen LogP contribution in [0.2, 0.25) is 0 Å². The quantitative estimate of drug-likeness (QED) is 0.755. The normalized spacial score (nSPS) is 12.2. The lowest BCUT2D eigenvalue weighted by atomic mass is 9.88. The van der Waals surface area contributed by atoms with E-state index in [1.165, 1.54) is 0 Å². The van der Waals surface area contributed by atoms with Crippen LogP contribution in [0, 0.1) is 0 Å². The van der Waals surface area contributed by atoms with E-state index >= 15 is 0 Å². The van der Waals surface area contributed by atoms with Gasteiger partial charge in [-0.3, -0.25) is 0 Å². The fourth-order valence-electron chi connectivity index (χ4n) is 2.19. The van der Waals surface area contributed by atoms with Crippen LogP contribution in [-0.2, 0) is 4.74 Å². The molecule has 2 N–H and O–H groups in total. The fraction of sp³-hybridized carbons (Fsp3) is 0.533. The Balaban J connectivity index is 2.95. The molecule has 3 nitrogen and oxygen atoms in total. The molecule has 0 aliphatic rings. The Hall–Kier alpha value is -1.35. The van der Waals surface area contributed by atoms with E-state index in [1.807, 2.05) is 31.2 Å². The van der Waals surface area contributed by atoms with Crippen LogP contribution >= 0.6 is 0 Å². The molecular weight excluding hydrogens is 226 g/mol. The lowest BCUT2D eigenvalue weighted by Gasteiger charge is -2.18. The summed E-state index contributed by atoms with van der Waals surface area (Å²) in [7, 11) is 0. The molecule has 0 fully saturated rings. The van der Waals surface area contributed by atoms with Crippen molar-refractivity contribution < 1.29 is 9.53 Å². The van der Waals surface area contributed by atoms with Crippen LogP contribution in [-0.4, -0.2) is 19.1 Å². The van der Waals surface area contributed by atoms with Crippen LogP contribution in [0.3, 0.4) is 0 Å². The zero-order valence-corrected chi connectivity index (χ0v) is 11.3. The average molecular weight is 249 g/mol. The lowest BCUT2D eigenvalue weighted by Crippen LogP contribution is -2.11. The van der Waals surface area contributed by atoms with E-state index in [9.17, 15) is 4.79 Å². The van der Waals surface area contributed by atoms with E-state index in [0.717, 1.165) is 24.8 Å². The van der Waals surface area contributed by atoms with E-state index < -0.39 is 0 Å². The molecule has 18 heavy (non-hydrogen) atoms. The molecule has 0 aliphatic heterocycles. The van der Waals surface area contributed by atoms with Gasteiger partial charge in [0.25, 0.3) is 0 Å². The van der Waals surface area contributed by atoms with E-state index in [1.54, 1.807) is 0 Å². The van der Waals surface area contributed by atoms with Crippen LogP contribution in [0.5, 0.6) is 0 Å². The van der Waals surface area contributed by atoms with Crippen LogP contribution in [0.25, 0.3) is 0 Å². The molecule has 1 atom stereocenters. The molecule has 0 aliphatic carbocycles. The van der Waals surface area contributed by atoms with E-state index in [4.69, 9.17) is 10.5 Å². The molecule has 3 heteroatoms. The second kappa shape index (κ2) is 7.88. The Labute approximate surface area is 109 Å². The maximum atomic E-state index is 11.9. The van der Waals surface area contributed by atoms with Gasteiger partial charge in [-0.05, 0) is 50.3 Å². The fourth-order valence-corrected chi connectivity index (χ4v) is 2.19. The first kappa shape index (κ1) is 14.7. The Morgan fingerprint density at radius 1 is 1.33 bits per heavy atom. The average Bonchev–Trinajstić information content (AvgIpc) is 2.40. The van der Waals surface area contributed by atoms with Gasteiger partial charge < -0.3 is 10.5 Å². The van der Waals surface area contributed by atoms with E-state index in [-0.39, 0.29) is 5.97 Å². The summed E-state index contributed by atoms with van der Waals surface area (Å²) in [5, 5.41) is 0. The van der Waals surface area contributed by atoms with Crippen molar-refractivity contribution in [2.24, 2.45) is 5.73 Å². The summed E-state index contributed by atoms with van der Waals surface area (Å²) in [4.78, 5) is 11.9. The summed E-state index contributed by atoms with van der Waals surface area (Å²) in [5.41, 5.74) is 7.35. The van der Waals surface area contributed by atoms with Gasteiger partial charge in [-0.25, -0.2) is 4.79 Å². The van der Waals surface area contributed by atoms with Crippen molar-refractivity contribution in [3.8, 4) is 0 Å². The highest BCUT2D eigenvalue weighted by Crippen LogP contribution is 2.27. The van der Waals surface area contributed by atoms with Crippen molar-refractivity contribution in [1.82, 2.24) is 0 Å². The molecule has 0 saturated carbocycles. The minimum atomic E-state index is -0.223. The predicted molar refractivity (Wildman–Crippen MR) is 73.7 cm³/mol. The van der Waals surface area contributed by atoms with E-state index in [0.29, 0.717) is 24.6 Å². The van der Waals surface area contributed by atoms with Gasteiger partial charge in [0.2, 0.25) is 0 Å². The minimum Gasteiger partial charge on any atom is -0.462 e. The van der Waals surface area contributed by atoms with Crippen molar-refractivity contribution >= 4 is 5.97 Å². The molecule has 0 saturated heterocycles. The zero-order chi connectivity index (χ0) is 13.4. The van der Waals surface area contributed by atoms with Gasteiger partial charge in [-0.1, -0.05) is 25.1 Å². The van der Waals surface area contributed by atoms with Crippen molar-refractivity contribution in [1.29, 1.82) is 0 Å². The maximum Gasteiger partial charge on any atom is 0.338 e. The Bertz CT molecular complexity index is 377. The lowest BCUT2D eigenvalue weighted by molar-refractivity contribution is 0.0524. The summed E-state index contributed by atoms with van der Waals surface area (Å²) in [6.07, 6.45) is 3.01. The number of benzene rings is 1. The van der Waals surface area contributed by atoms with Crippen LogP contribution in [0.4, 0.5) is 0 Å². The molecule has 0 bridgehead atoms. The molecular formula is C15H23NO2. The minimum absolute atomic E-state index is 0.223. The molecule has 1 unspecified atom stereocenters. The predicted octanol–water partition coefficient (Wildman–Crippen LogP) is 3.10. The Morgan fingerprint density at radius 3 is 2.67 bits per heavy atom. The molecule has 0 spiro atoms. The molecule has 100 valence electrons.